The minimum atomic E-state index is -3.75. The van der Waals surface area contributed by atoms with E-state index in [1.807, 2.05) is 10.8 Å². The number of nitrogens with one attached hydrogen (secondary N) is 1. The summed E-state index contributed by atoms with van der Waals surface area (Å²) in [6, 6.07) is 4.49. The highest BCUT2D eigenvalue weighted by Crippen LogP contribution is 2.19. The van der Waals surface area contributed by atoms with Crippen LogP contribution in [0.25, 0.3) is 0 Å². The van der Waals surface area contributed by atoms with E-state index < -0.39 is 10.0 Å². The van der Waals surface area contributed by atoms with Gasteiger partial charge in [0.2, 0.25) is 10.0 Å². The lowest BCUT2D eigenvalue weighted by Crippen LogP contribution is -2.13. The van der Waals surface area contributed by atoms with Crippen molar-refractivity contribution >= 4 is 21.4 Å². The van der Waals surface area contributed by atoms with Crippen molar-refractivity contribution in [3.05, 3.63) is 36.9 Å². The molecule has 0 saturated carbocycles. The summed E-state index contributed by atoms with van der Waals surface area (Å²) >= 11 is 0. The van der Waals surface area contributed by atoms with Gasteiger partial charge in [-0.3, -0.25) is 0 Å². The summed E-state index contributed by atoms with van der Waals surface area (Å²) in [5.74, 6) is 0. The standard InChI is InChI=1S/C12H17N5O2S/c13-10-6-11(8-12(7-10)20(14,18)19)16-2-1-4-17-5-3-15-9-17/h3,5-9,16H,1-2,4,13H2,(H2,14,18,19). The number of primary sulfonamides is 1. The van der Waals surface area contributed by atoms with E-state index in [9.17, 15) is 8.42 Å². The normalized spacial score (nSPS) is 11.4. The molecule has 0 fully saturated rings. The second-order valence-electron chi connectivity index (χ2n) is 4.42. The monoisotopic (exact) mass is 295 g/mol. The lowest BCUT2D eigenvalue weighted by Gasteiger charge is -2.09. The van der Waals surface area contributed by atoms with Crippen LogP contribution < -0.4 is 16.2 Å². The van der Waals surface area contributed by atoms with Crippen LogP contribution >= 0.6 is 0 Å². The van der Waals surface area contributed by atoms with Gasteiger partial charge in [0.15, 0.2) is 0 Å². The van der Waals surface area contributed by atoms with Gasteiger partial charge in [-0.1, -0.05) is 0 Å². The van der Waals surface area contributed by atoms with Gasteiger partial charge in [0.05, 0.1) is 11.2 Å². The molecular weight excluding hydrogens is 278 g/mol. The predicted molar refractivity (Wildman–Crippen MR) is 77.6 cm³/mol. The number of nitrogen functional groups attached to an aromatic ring is 1. The molecule has 1 aromatic heterocycles. The van der Waals surface area contributed by atoms with E-state index in [0.717, 1.165) is 13.0 Å². The number of aromatic nitrogens is 2. The third-order valence-electron chi connectivity index (χ3n) is 2.74. The molecule has 5 N–H and O–H groups in total. The van der Waals surface area contributed by atoms with Crippen molar-refractivity contribution in [2.45, 2.75) is 17.9 Å². The molecule has 0 aliphatic rings. The molecule has 2 aromatic rings. The molecule has 0 spiro atoms. The molecule has 0 aliphatic heterocycles. The Morgan fingerprint density at radius 1 is 1.30 bits per heavy atom. The zero-order chi connectivity index (χ0) is 14.6. The zero-order valence-electron chi connectivity index (χ0n) is 10.9. The summed E-state index contributed by atoms with van der Waals surface area (Å²) in [7, 11) is -3.75. The van der Waals surface area contributed by atoms with E-state index in [4.69, 9.17) is 10.9 Å². The molecule has 0 aliphatic carbocycles. The van der Waals surface area contributed by atoms with Gasteiger partial charge in [0.25, 0.3) is 0 Å². The third kappa shape index (κ3) is 3.97. The van der Waals surface area contributed by atoms with E-state index in [1.54, 1.807) is 18.6 Å². The van der Waals surface area contributed by atoms with Crippen molar-refractivity contribution < 1.29 is 8.42 Å². The van der Waals surface area contributed by atoms with Gasteiger partial charge >= 0.3 is 0 Å². The van der Waals surface area contributed by atoms with Gasteiger partial charge < -0.3 is 15.6 Å². The molecule has 8 heteroatoms. The minimum absolute atomic E-state index is 0.00890. The fourth-order valence-corrected chi connectivity index (χ4v) is 2.39. The Balaban J connectivity index is 1.94. The molecule has 0 unspecified atom stereocenters. The average molecular weight is 295 g/mol. The number of anilines is 2. The second kappa shape index (κ2) is 5.93. The van der Waals surface area contributed by atoms with E-state index in [-0.39, 0.29) is 4.90 Å². The van der Waals surface area contributed by atoms with E-state index in [2.05, 4.69) is 10.3 Å². The maximum Gasteiger partial charge on any atom is 0.238 e. The fourth-order valence-electron chi connectivity index (χ4n) is 1.80. The molecular formula is C12H17N5O2S. The topological polar surface area (TPSA) is 116 Å². The van der Waals surface area contributed by atoms with Crippen LogP contribution in [0.2, 0.25) is 0 Å². The quantitative estimate of drug-likeness (QED) is 0.533. The Bertz CT molecular complexity index is 667. The van der Waals surface area contributed by atoms with Crippen molar-refractivity contribution in [1.29, 1.82) is 0 Å². The molecule has 7 nitrogen and oxygen atoms in total. The van der Waals surface area contributed by atoms with Gasteiger partial charge in [-0.25, -0.2) is 18.5 Å². The van der Waals surface area contributed by atoms with Gasteiger partial charge in [-0.2, -0.15) is 0 Å². The number of benzene rings is 1. The van der Waals surface area contributed by atoms with Crippen molar-refractivity contribution in [1.82, 2.24) is 9.55 Å². The molecule has 0 bridgehead atoms. The Morgan fingerprint density at radius 3 is 2.75 bits per heavy atom. The van der Waals surface area contributed by atoms with Crippen LogP contribution in [-0.4, -0.2) is 24.5 Å². The van der Waals surface area contributed by atoms with Crippen LogP contribution in [0.3, 0.4) is 0 Å². The molecule has 1 heterocycles. The van der Waals surface area contributed by atoms with Crippen molar-refractivity contribution in [2.24, 2.45) is 5.14 Å². The molecule has 0 saturated heterocycles. The number of sulfonamides is 1. The summed E-state index contributed by atoms with van der Waals surface area (Å²) in [5, 5.41) is 8.22. The summed E-state index contributed by atoms with van der Waals surface area (Å²) in [6.45, 7) is 1.52. The minimum Gasteiger partial charge on any atom is -0.399 e. The number of nitrogens with zero attached hydrogens (tertiary/aromatic N) is 2. The van der Waals surface area contributed by atoms with Crippen molar-refractivity contribution in [2.75, 3.05) is 17.6 Å². The lowest BCUT2D eigenvalue weighted by atomic mass is 10.2. The Morgan fingerprint density at radius 2 is 2.10 bits per heavy atom. The highest BCUT2D eigenvalue weighted by Gasteiger charge is 2.09. The molecule has 2 rings (SSSR count). The van der Waals surface area contributed by atoms with Crippen LogP contribution in [0.1, 0.15) is 6.42 Å². The molecule has 108 valence electrons. The average Bonchev–Trinajstić information content (AvgIpc) is 2.86. The maximum atomic E-state index is 11.3. The van der Waals surface area contributed by atoms with Crippen LogP contribution in [-0.2, 0) is 16.6 Å². The molecule has 0 radical (unpaired) electrons. The smallest absolute Gasteiger partial charge is 0.238 e. The maximum absolute atomic E-state index is 11.3. The Hall–Kier alpha value is -2.06. The Kier molecular flexibility index (Phi) is 4.26. The SMILES string of the molecule is Nc1cc(NCCCn2ccnc2)cc(S(N)(=O)=O)c1. The first-order chi connectivity index (χ1) is 9.45. The Labute approximate surface area is 117 Å². The number of imidazole rings is 1. The van der Waals surface area contributed by atoms with E-state index in [1.165, 1.54) is 12.1 Å². The number of hydrogen-bond donors (Lipinski definition) is 3. The third-order valence-corrected chi connectivity index (χ3v) is 3.63. The van der Waals surface area contributed by atoms with E-state index >= 15 is 0 Å². The first-order valence-electron chi connectivity index (χ1n) is 6.08. The van der Waals surface area contributed by atoms with Gasteiger partial charge in [0.1, 0.15) is 0 Å². The van der Waals surface area contributed by atoms with Gasteiger partial charge in [0, 0.05) is 36.9 Å². The molecule has 0 amide bonds. The summed E-state index contributed by atoms with van der Waals surface area (Å²) < 4.78 is 24.6. The van der Waals surface area contributed by atoms with Crippen LogP contribution in [0, 0.1) is 0 Å². The predicted octanol–water partition coefficient (Wildman–Crippen LogP) is 0.615. The van der Waals surface area contributed by atoms with Crippen molar-refractivity contribution in [3.63, 3.8) is 0 Å². The zero-order valence-corrected chi connectivity index (χ0v) is 11.7. The lowest BCUT2D eigenvalue weighted by molar-refractivity contribution is 0.598. The molecule has 20 heavy (non-hydrogen) atoms. The number of hydrogen-bond acceptors (Lipinski definition) is 5. The van der Waals surface area contributed by atoms with Crippen LogP contribution in [0.15, 0.2) is 41.8 Å². The molecule has 0 atom stereocenters. The number of nitrogens with two attached hydrogens (primary N) is 2. The second-order valence-corrected chi connectivity index (χ2v) is 5.98. The number of rotatable bonds is 6. The first kappa shape index (κ1) is 14.4. The van der Waals surface area contributed by atoms with E-state index in [0.29, 0.717) is 17.9 Å². The summed E-state index contributed by atoms with van der Waals surface area (Å²) in [5.41, 5.74) is 6.66. The van der Waals surface area contributed by atoms with Crippen molar-refractivity contribution in [3.8, 4) is 0 Å². The number of aryl methyl sites for hydroxylation is 1. The fraction of sp³-hybridized carbons (Fsp3) is 0.250. The first-order valence-corrected chi connectivity index (χ1v) is 7.63. The summed E-state index contributed by atoms with van der Waals surface area (Å²) in [6.07, 6.45) is 6.23. The highest BCUT2D eigenvalue weighted by atomic mass is 32.2. The highest BCUT2D eigenvalue weighted by molar-refractivity contribution is 7.89. The molecule has 1 aromatic carbocycles. The largest absolute Gasteiger partial charge is 0.399 e. The van der Waals surface area contributed by atoms with Gasteiger partial charge in [-0.15, -0.1) is 0 Å². The van der Waals surface area contributed by atoms with Gasteiger partial charge in [-0.05, 0) is 24.6 Å². The summed E-state index contributed by atoms with van der Waals surface area (Å²) in [4.78, 5) is 3.96. The van der Waals surface area contributed by atoms with Crippen LogP contribution in [0.4, 0.5) is 11.4 Å². The van der Waals surface area contributed by atoms with Crippen LogP contribution in [0.5, 0.6) is 0 Å².